The minimum atomic E-state index is -0.104. The molecule has 0 bridgehead atoms. The van der Waals surface area contributed by atoms with Gasteiger partial charge in [0.25, 0.3) is 0 Å². The summed E-state index contributed by atoms with van der Waals surface area (Å²) in [4.78, 5) is 12.2. The van der Waals surface area contributed by atoms with Gasteiger partial charge in [-0.05, 0) is 30.5 Å². The Hall–Kier alpha value is -0.630. The van der Waals surface area contributed by atoms with Crippen LogP contribution in [0.3, 0.4) is 0 Å². The van der Waals surface area contributed by atoms with Crippen molar-refractivity contribution in [2.75, 3.05) is 0 Å². The van der Waals surface area contributed by atoms with E-state index in [0.29, 0.717) is 11.7 Å². The van der Waals surface area contributed by atoms with Crippen molar-refractivity contribution in [1.29, 1.82) is 0 Å². The van der Waals surface area contributed by atoms with Crippen molar-refractivity contribution in [3.05, 3.63) is 34.3 Å². The molecule has 1 saturated carbocycles. The second-order valence-corrected chi connectivity index (χ2v) is 5.96. The quantitative estimate of drug-likeness (QED) is 0.799. The molecule has 0 spiro atoms. The molecule has 1 nitrogen and oxygen atoms in total. The Morgan fingerprint density at radius 2 is 1.71 bits per heavy atom. The highest BCUT2D eigenvalue weighted by Crippen LogP contribution is 2.57. The topological polar surface area (TPSA) is 17.1 Å². The van der Waals surface area contributed by atoms with Gasteiger partial charge in [-0.15, -0.1) is 0 Å². The maximum absolute atomic E-state index is 12.2. The van der Waals surface area contributed by atoms with E-state index < -0.39 is 0 Å². The summed E-state index contributed by atoms with van der Waals surface area (Å²) in [6.45, 7) is 6.34. The first-order valence-electron chi connectivity index (χ1n) is 6.36. The molecule has 1 fully saturated rings. The number of ketones is 1. The third-order valence-corrected chi connectivity index (χ3v) is 5.02. The molecule has 0 amide bonds. The molecule has 2 unspecified atom stereocenters. The van der Waals surface area contributed by atoms with Gasteiger partial charge in [0, 0.05) is 21.7 Å². The lowest BCUT2D eigenvalue weighted by Crippen LogP contribution is -2.54. The smallest absolute Gasteiger partial charge is 0.143 e. The number of benzene rings is 1. The molecular weight excluding hydrogens is 276 g/mol. The second-order valence-electron chi connectivity index (χ2n) is 5.05. The molecule has 1 aromatic rings. The van der Waals surface area contributed by atoms with Gasteiger partial charge < -0.3 is 0 Å². The number of carbonyl (C=O) groups excluding carboxylic acids is 1. The van der Waals surface area contributed by atoms with E-state index in [-0.39, 0.29) is 11.3 Å². The molecular formula is C15H19BrO. The summed E-state index contributed by atoms with van der Waals surface area (Å²) in [5, 5.41) is 0. The van der Waals surface area contributed by atoms with Gasteiger partial charge in [-0.1, -0.05) is 48.8 Å². The summed E-state index contributed by atoms with van der Waals surface area (Å²) < 4.78 is 1.10. The van der Waals surface area contributed by atoms with Crippen molar-refractivity contribution < 1.29 is 4.79 Å². The van der Waals surface area contributed by atoms with Crippen LogP contribution in [0.4, 0.5) is 0 Å². The Kier molecular flexibility index (Phi) is 3.44. The van der Waals surface area contributed by atoms with Crippen LogP contribution in [0.2, 0.25) is 0 Å². The van der Waals surface area contributed by atoms with Crippen molar-refractivity contribution in [3.63, 3.8) is 0 Å². The molecule has 0 N–H and O–H groups in total. The highest BCUT2D eigenvalue weighted by Gasteiger charge is 2.57. The van der Waals surface area contributed by atoms with Crippen LogP contribution >= 0.6 is 15.9 Å². The van der Waals surface area contributed by atoms with Crippen LogP contribution in [0.25, 0.3) is 0 Å². The molecule has 0 radical (unpaired) electrons. The predicted octanol–water partition coefficient (Wildman–Crippen LogP) is 4.56. The first kappa shape index (κ1) is 12.8. The largest absolute Gasteiger partial charge is 0.299 e. The molecule has 2 heteroatoms. The maximum Gasteiger partial charge on any atom is 0.143 e. The summed E-state index contributed by atoms with van der Waals surface area (Å²) in [5.74, 6) is 1.03. The molecule has 1 aliphatic rings. The van der Waals surface area contributed by atoms with E-state index >= 15 is 0 Å². The number of hydrogen-bond donors (Lipinski definition) is 0. The van der Waals surface area contributed by atoms with Gasteiger partial charge in [0.2, 0.25) is 0 Å². The van der Waals surface area contributed by atoms with E-state index in [0.717, 1.165) is 17.3 Å². The zero-order valence-corrected chi connectivity index (χ0v) is 12.3. The number of carbonyl (C=O) groups is 1. The Morgan fingerprint density at radius 3 is 2.18 bits per heavy atom. The average molecular weight is 295 g/mol. The van der Waals surface area contributed by atoms with Gasteiger partial charge in [0.15, 0.2) is 0 Å². The number of Topliss-reactive ketones (excluding diaryl/α,β-unsaturated/α-hetero) is 1. The van der Waals surface area contributed by atoms with Crippen LogP contribution in [0.15, 0.2) is 28.7 Å². The predicted molar refractivity (Wildman–Crippen MR) is 74.1 cm³/mol. The van der Waals surface area contributed by atoms with Crippen LogP contribution in [0.1, 0.15) is 45.1 Å². The fourth-order valence-electron chi connectivity index (χ4n) is 3.46. The summed E-state index contributed by atoms with van der Waals surface area (Å²) in [6, 6.07) is 8.44. The molecule has 0 aliphatic heterocycles. The maximum atomic E-state index is 12.2. The minimum Gasteiger partial charge on any atom is -0.299 e. The van der Waals surface area contributed by atoms with E-state index in [1.54, 1.807) is 0 Å². The van der Waals surface area contributed by atoms with Gasteiger partial charge in [0.05, 0.1) is 0 Å². The van der Waals surface area contributed by atoms with Crippen molar-refractivity contribution >= 4 is 21.7 Å². The number of hydrogen-bond acceptors (Lipinski definition) is 1. The van der Waals surface area contributed by atoms with Crippen LogP contribution in [-0.2, 0) is 4.79 Å². The van der Waals surface area contributed by atoms with E-state index in [9.17, 15) is 4.79 Å². The zero-order chi connectivity index (χ0) is 12.6. The SMILES string of the molecule is CCC1(CC)C(=O)C(C)C1c1ccc(Br)cc1. The van der Waals surface area contributed by atoms with Crippen LogP contribution in [0, 0.1) is 11.3 Å². The summed E-state index contributed by atoms with van der Waals surface area (Å²) >= 11 is 3.46. The van der Waals surface area contributed by atoms with E-state index in [4.69, 9.17) is 0 Å². The van der Waals surface area contributed by atoms with Gasteiger partial charge in [-0.25, -0.2) is 0 Å². The molecule has 92 valence electrons. The first-order chi connectivity index (χ1) is 8.06. The molecule has 0 saturated heterocycles. The fraction of sp³-hybridized carbons (Fsp3) is 0.533. The highest BCUT2D eigenvalue weighted by molar-refractivity contribution is 9.10. The Morgan fingerprint density at radius 1 is 1.18 bits per heavy atom. The zero-order valence-electron chi connectivity index (χ0n) is 10.7. The van der Waals surface area contributed by atoms with Crippen molar-refractivity contribution in [1.82, 2.24) is 0 Å². The van der Waals surface area contributed by atoms with E-state index in [2.05, 4.69) is 61.0 Å². The lowest BCUT2D eigenvalue weighted by atomic mass is 9.49. The molecule has 2 atom stereocenters. The molecule has 0 heterocycles. The van der Waals surface area contributed by atoms with E-state index in [1.165, 1.54) is 5.56 Å². The highest BCUT2D eigenvalue weighted by atomic mass is 79.9. The van der Waals surface area contributed by atoms with Gasteiger partial charge >= 0.3 is 0 Å². The second kappa shape index (κ2) is 4.56. The Labute approximate surface area is 112 Å². The molecule has 0 aromatic heterocycles. The summed E-state index contributed by atoms with van der Waals surface area (Å²) in [5.41, 5.74) is 1.21. The molecule has 2 rings (SSSR count). The average Bonchev–Trinajstić information content (AvgIpc) is 2.36. The molecule has 1 aromatic carbocycles. The lowest BCUT2D eigenvalue weighted by Gasteiger charge is -2.52. The minimum absolute atomic E-state index is 0.104. The number of rotatable bonds is 3. The van der Waals surface area contributed by atoms with Crippen molar-refractivity contribution in [3.8, 4) is 0 Å². The summed E-state index contributed by atoms with van der Waals surface area (Å²) in [6.07, 6.45) is 1.90. The van der Waals surface area contributed by atoms with Gasteiger partial charge in [-0.3, -0.25) is 4.79 Å². The normalized spacial score (nSPS) is 26.7. The fourth-order valence-corrected chi connectivity index (χ4v) is 3.72. The van der Waals surface area contributed by atoms with Crippen molar-refractivity contribution in [2.24, 2.45) is 11.3 Å². The molecule has 17 heavy (non-hydrogen) atoms. The van der Waals surface area contributed by atoms with Crippen LogP contribution in [0.5, 0.6) is 0 Å². The first-order valence-corrected chi connectivity index (χ1v) is 7.16. The van der Waals surface area contributed by atoms with Crippen molar-refractivity contribution in [2.45, 2.75) is 39.5 Å². The molecule has 1 aliphatic carbocycles. The van der Waals surface area contributed by atoms with Crippen LogP contribution < -0.4 is 0 Å². The van der Waals surface area contributed by atoms with E-state index in [1.807, 2.05) is 0 Å². The van der Waals surface area contributed by atoms with Gasteiger partial charge in [0.1, 0.15) is 5.78 Å². The standard InChI is InChI=1S/C15H19BrO/c1-4-15(5-2)13(10(3)14(15)17)11-6-8-12(16)9-7-11/h6-10,13H,4-5H2,1-3H3. The summed E-state index contributed by atoms with van der Waals surface area (Å²) in [7, 11) is 0. The third kappa shape index (κ3) is 1.77. The van der Waals surface area contributed by atoms with Gasteiger partial charge in [-0.2, -0.15) is 0 Å². The Balaban J connectivity index is 2.37. The number of halogens is 1. The Bertz CT molecular complexity index is 417. The lowest BCUT2D eigenvalue weighted by molar-refractivity contribution is -0.150. The third-order valence-electron chi connectivity index (χ3n) is 4.49. The monoisotopic (exact) mass is 294 g/mol. The van der Waals surface area contributed by atoms with Crippen LogP contribution in [-0.4, -0.2) is 5.78 Å².